The molecule has 0 aromatic heterocycles. The minimum absolute atomic E-state index is 0. The molecule has 0 spiro atoms. The average molecular weight is 516 g/mol. The zero-order valence-corrected chi connectivity index (χ0v) is 20.2. The average Bonchev–Trinajstić information content (AvgIpc) is 3.39. The lowest BCUT2D eigenvalue weighted by Gasteiger charge is -2.28. The first kappa shape index (κ1) is 24.2. The SMILES string of the molecule is CCNC(=NCC(c1ccccc1OC)N1CCCC1)NCCOCC1CC1.I. The van der Waals surface area contributed by atoms with Gasteiger partial charge < -0.3 is 20.1 Å². The Kier molecular flexibility index (Phi) is 11.1. The van der Waals surface area contributed by atoms with E-state index in [2.05, 4.69) is 34.6 Å². The standard InChI is InChI=1S/C22H36N4O2.HI/c1-3-23-22(24-12-15-28-17-18-10-11-18)25-16-20(26-13-6-7-14-26)19-8-4-5-9-21(19)27-2;/h4-5,8-9,18,20H,3,6-7,10-17H2,1-2H3,(H2,23,24,25);1H. The molecule has 7 heteroatoms. The normalized spacial score (nSPS) is 18.2. The lowest BCUT2D eigenvalue weighted by molar-refractivity contribution is 0.129. The molecule has 29 heavy (non-hydrogen) atoms. The van der Waals surface area contributed by atoms with Crippen molar-refractivity contribution in [3.8, 4) is 5.75 Å². The van der Waals surface area contributed by atoms with E-state index in [0.29, 0.717) is 6.54 Å². The smallest absolute Gasteiger partial charge is 0.191 e. The number of halogens is 1. The van der Waals surface area contributed by atoms with Gasteiger partial charge in [0.1, 0.15) is 5.75 Å². The summed E-state index contributed by atoms with van der Waals surface area (Å²) in [4.78, 5) is 7.43. The zero-order valence-electron chi connectivity index (χ0n) is 17.9. The highest BCUT2D eigenvalue weighted by Gasteiger charge is 2.25. The highest BCUT2D eigenvalue weighted by molar-refractivity contribution is 14.0. The van der Waals surface area contributed by atoms with Crippen LogP contribution in [-0.4, -0.2) is 63.9 Å². The van der Waals surface area contributed by atoms with Crippen LogP contribution in [0.25, 0.3) is 0 Å². The highest BCUT2D eigenvalue weighted by Crippen LogP contribution is 2.32. The first-order valence-electron chi connectivity index (χ1n) is 10.8. The predicted octanol–water partition coefficient (Wildman–Crippen LogP) is 3.43. The molecular formula is C22H37IN4O2. The van der Waals surface area contributed by atoms with Crippen molar-refractivity contribution in [2.45, 2.75) is 38.6 Å². The van der Waals surface area contributed by atoms with Crippen molar-refractivity contribution < 1.29 is 9.47 Å². The molecule has 1 aliphatic carbocycles. The number of methoxy groups -OCH3 is 1. The van der Waals surface area contributed by atoms with E-state index in [9.17, 15) is 0 Å². The number of hydrogen-bond donors (Lipinski definition) is 2. The fraction of sp³-hybridized carbons (Fsp3) is 0.682. The van der Waals surface area contributed by atoms with Crippen LogP contribution in [0, 0.1) is 5.92 Å². The van der Waals surface area contributed by atoms with Gasteiger partial charge in [-0.25, -0.2) is 0 Å². The molecule has 164 valence electrons. The van der Waals surface area contributed by atoms with E-state index < -0.39 is 0 Å². The number of hydrogen-bond acceptors (Lipinski definition) is 4. The van der Waals surface area contributed by atoms with Gasteiger partial charge in [0.25, 0.3) is 0 Å². The van der Waals surface area contributed by atoms with E-state index in [4.69, 9.17) is 14.5 Å². The summed E-state index contributed by atoms with van der Waals surface area (Å²) in [6, 6.07) is 8.57. The second kappa shape index (κ2) is 13.3. The van der Waals surface area contributed by atoms with Crippen LogP contribution in [-0.2, 0) is 4.74 Å². The van der Waals surface area contributed by atoms with Gasteiger partial charge in [0, 0.05) is 25.3 Å². The number of para-hydroxylation sites is 1. The van der Waals surface area contributed by atoms with E-state index in [1.165, 1.54) is 31.2 Å². The largest absolute Gasteiger partial charge is 0.496 e. The van der Waals surface area contributed by atoms with Crippen molar-refractivity contribution in [2.75, 3.05) is 53.0 Å². The molecule has 1 unspecified atom stereocenters. The third kappa shape index (κ3) is 7.94. The molecular weight excluding hydrogens is 479 g/mol. The Labute approximate surface area is 192 Å². The molecule has 2 N–H and O–H groups in total. The van der Waals surface area contributed by atoms with Gasteiger partial charge in [0.05, 0.1) is 26.3 Å². The number of likely N-dealkylation sites (tertiary alicyclic amines) is 1. The van der Waals surface area contributed by atoms with E-state index in [1.54, 1.807) is 7.11 Å². The number of guanidine groups is 1. The van der Waals surface area contributed by atoms with Gasteiger partial charge in [-0.15, -0.1) is 24.0 Å². The maximum Gasteiger partial charge on any atom is 0.191 e. The van der Waals surface area contributed by atoms with Crippen LogP contribution in [0.5, 0.6) is 5.75 Å². The molecule has 1 aromatic rings. The van der Waals surface area contributed by atoms with E-state index in [-0.39, 0.29) is 30.0 Å². The molecule has 1 aliphatic heterocycles. The Hall–Kier alpha value is -1.06. The second-order valence-corrected chi connectivity index (χ2v) is 7.67. The number of aliphatic imine (C=N–C) groups is 1. The van der Waals surface area contributed by atoms with Crippen molar-refractivity contribution in [3.05, 3.63) is 29.8 Å². The van der Waals surface area contributed by atoms with Crippen LogP contribution in [0.2, 0.25) is 0 Å². The van der Waals surface area contributed by atoms with Gasteiger partial charge in [0.2, 0.25) is 0 Å². The molecule has 1 saturated carbocycles. The number of rotatable bonds is 11. The lowest BCUT2D eigenvalue weighted by Crippen LogP contribution is -2.40. The summed E-state index contributed by atoms with van der Waals surface area (Å²) in [6.45, 7) is 8.30. The van der Waals surface area contributed by atoms with Crippen molar-refractivity contribution in [2.24, 2.45) is 10.9 Å². The molecule has 1 atom stereocenters. The van der Waals surface area contributed by atoms with Crippen LogP contribution >= 0.6 is 24.0 Å². The quantitative estimate of drug-likeness (QED) is 0.204. The van der Waals surface area contributed by atoms with E-state index in [0.717, 1.165) is 57.0 Å². The van der Waals surface area contributed by atoms with Crippen LogP contribution in [0.15, 0.2) is 29.3 Å². The first-order valence-corrected chi connectivity index (χ1v) is 10.8. The third-order valence-electron chi connectivity index (χ3n) is 5.44. The molecule has 6 nitrogen and oxygen atoms in total. The summed E-state index contributed by atoms with van der Waals surface area (Å²) >= 11 is 0. The fourth-order valence-electron chi connectivity index (χ4n) is 3.70. The number of nitrogens with one attached hydrogen (secondary N) is 2. The summed E-state index contributed by atoms with van der Waals surface area (Å²) in [5, 5.41) is 6.76. The molecule has 0 bridgehead atoms. The van der Waals surface area contributed by atoms with Crippen LogP contribution in [0.1, 0.15) is 44.2 Å². The number of ether oxygens (including phenoxy) is 2. The maximum absolute atomic E-state index is 5.72. The lowest BCUT2D eigenvalue weighted by atomic mass is 10.0. The summed E-state index contributed by atoms with van der Waals surface area (Å²) in [5.41, 5.74) is 1.22. The molecule has 2 aliphatic rings. The topological polar surface area (TPSA) is 58.1 Å². The molecule has 1 heterocycles. The second-order valence-electron chi connectivity index (χ2n) is 7.67. The molecule has 2 fully saturated rings. The zero-order chi connectivity index (χ0) is 19.6. The van der Waals surface area contributed by atoms with Gasteiger partial charge in [-0.3, -0.25) is 9.89 Å². The summed E-state index contributed by atoms with van der Waals surface area (Å²) in [7, 11) is 1.75. The van der Waals surface area contributed by atoms with Gasteiger partial charge in [-0.05, 0) is 57.7 Å². The van der Waals surface area contributed by atoms with Crippen molar-refractivity contribution in [1.82, 2.24) is 15.5 Å². The number of benzene rings is 1. The molecule has 0 amide bonds. The van der Waals surface area contributed by atoms with Crippen LogP contribution < -0.4 is 15.4 Å². The summed E-state index contributed by atoms with van der Waals surface area (Å²) in [5.74, 6) is 2.61. The van der Waals surface area contributed by atoms with Crippen molar-refractivity contribution in [3.63, 3.8) is 0 Å². The Morgan fingerprint density at radius 3 is 2.66 bits per heavy atom. The minimum atomic E-state index is 0. The monoisotopic (exact) mass is 516 g/mol. The Bertz CT molecular complexity index is 619. The fourth-order valence-corrected chi connectivity index (χ4v) is 3.70. The molecule has 1 saturated heterocycles. The number of nitrogens with zero attached hydrogens (tertiary/aromatic N) is 2. The Morgan fingerprint density at radius 2 is 1.97 bits per heavy atom. The first-order chi connectivity index (χ1) is 13.8. The molecule has 1 aromatic carbocycles. The van der Waals surface area contributed by atoms with Crippen molar-refractivity contribution >= 4 is 29.9 Å². The molecule has 3 rings (SSSR count). The van der Waals surface area contributed by atoms with Crippen LogP contribution in [0.3, 0.4) is 0 Å². The summed E-state index contributed by atoms with van der Waals surface area (Å²) < 4.78 is 11.4. The maximum atomic E-state index is 5.72. The van der Waals surface area contributed by atoms with Gasteiger partial charge in [-0.2, -0.15) is 0 Å². The summed E-state index contributed by atoms with van der Waals surface area (Å²) in [6.07, 6.45) is 5.18. The van der Waals surface area contributed by atoms with Gasteiger partial charge in [-0.1, -0.05) is 18.2 Å². The highest BCUT2D eigenvalue weighted by atomic mass is 127. The minimum Gasteiger partial charge on any atom is -0.496 e. The van der Waals surface area contributed by atoms with Gasteiger partial charge in [0.15, 0.2) is 5.96 Å². The van der Waals surface area contributed by atoms with E-state index >= 15 is 0 Å². The third-order valence-corrected chi connectivity index (χ3v) is 5.44. The Morgan fingerprint density at radius 1 is 1.21 bits per heavy atom. The predicted molar refractivity (Wildman–Crippen MR) is 129 cm³/mol. The van der Waals surface area contributed by atoms with E-state index in [1.807, 2.05) is 12.1 Å². The van der Waals surface area contributed by atoms with Crippen LogP contribution in [0.4, 0.5) is 0 Å². The Balaban J connectivity index is 0.00000300. The van der Waals surface area contributed by atoms with Gasteiger partial charge >= 0.3 is 0 Å². The van der Waals surface area contributed by atoms with Crippen molar-refractivity contribution in [1.29, 1.82) is 0 Å². The molecule has 0 radical (unpaired) electrons.